The van der Waals surface area contributed by atoms with Crippen molar-refractivity contribution in [3.8, 4) is 50.2 Å². The fourth-order valence-corrected chi connectivity index (χ4v) is 12.3. The van der Waals surface area contributed by atoms with Gasteiger partial charge in [-0.15, -0.1) is 0 Å². The van der Waals surface area contributed by atoms with Crippen LogP contribution in [0, 0.1) is 0 Å². The molecule has 0 N–H and O–H groups in total. The van der Waals surface area contributed by atoms with E-state index in [9.17, 15) is 0 Å². The molecule has 270 valence electrons. The predicted octanol–water partition coefficient (Wildman–Crippen LogP) is 12.5. The van der Waals surface area contributed by atoms with Crippen LogP contribution in [0.4, 0.5) is 0 Å². The van der Waals surface area contributed by atoms with Gasteiger partial charge in [0.25, 0.3) is 0 Å². The minimum atomic E-state index is -3.29. The molecule has 0 radical (unpaired) electrons. The highest BCUT2D eigenvalue weighted by Crippen LogP contribution is 2.52. The molecule has 1 atom stereocenters. The highest BCUT2D eigenvalue weighted by atomic mass is 31.2. The number of hydrogen-bond acceptors (Lipinski definition) is 2. The summed E-state index contributed by atoms with van der Waals surface area (Å²) in [7, 11) is -3.29. The zero-order valence-corrected chi connectivity index (χ0v) is 32.3. The summed E-state index contributed by atoms with van der Waals surface area (Å²) < 4.78 is 18.3. The molecular formula is C53H37N2OP. The van der Waals surface area contributed by atoms with Crippen molar-refractivity contribution in [3.63, 3.8) is 0 Å². The molecule has 1 unspecified atom stereocenters. The van der Waals surface area contributed by atoms with Gasteiger partial charge in [0, 0.05) is 27.9 Å². The van der Waals surface area contributed by atoms with E-state index >= 15 is 4.57 Å². The molecule has 1 aliphatic rings. The van der Waals surface area contributed by atoms with Crippen LogP contribution in [0.5, 0.6) is 0 Å². The quantitative estimate of drug-likeness (QED) is 0.125. The van der Waals surface area contributed by atoms with Crippen LogP contribution in [0.25, 0.3) is 82.8 Å². The van der Waals surface area contributed by atoms with Crippen molar-refractivity contribution in [2.75, 3.05) is 0 Å². The number of aryl methyl sites for hydroxylation is 1. The summed E-state index contributed by atoms with van der Waals surface area (Å²) in [6.45, 7) is 2.15. The van der Waals surface area contributed by atoms with Crippen molar-refractivity contribution in [1.82, 2.24) is 9.55 Å². The molecule has 0 saturated carbocycles. The topological polar surface area (TPSA) is 34.9 Å². The first-order valence-electron chi connectivity index (χ1n) is 19.6. The lowest BCUT2D eigenvalue weighted by atomic mass is 9.84. The fraction of sp³-hybridized carbons (Fsp3) is 0.0377. The molecule has 4 heteroatoms. The largest absolute Gasteiger partial charge is 0.308 e. The maximum atomic E-state index is 16.0. The van der Waals surface area contributed by atoms with Gasteiger partial charge in [-0.25, -0.2) is 4.98 Å². The summed E-state index contributed by atoms with van der Waals surface area (Å²) in [5.41, 5.74) is 12.0. The van der Waals surface area contributed by atoms with Crippen LogP contribution in [-0.4, -0.2) is 9.55 Å². The fourth-order valence-electron chi connectivity index (χ4n) is 9.25. The minimum absolute atomic E-state index is 0.741. The van der Waals surface area contributed by atoms with Crippen LogP contribution in [0.15, 0.2) is 194 Å². The van der Waals surface area contributed by atoms with Gasteiger partial charge in [-0.1, -0.05) is 171 Å². The monoisotopic (exact) mass is 748 g/mol. The van der Waals surface area contributed by atoms with Gasteiger partial charge in [0.2, 0.25) is 0 Å². The Hall–Kier alpha value is -6.80. The second-order valence-corrected chi connectivity index (χ2v) is 17.5. The lowest BCUT2D eigenvalue weighted by Gasteiger charge is -2.31. The summed E-state index contributed by atoms with van der Waals surface area (Å²) >= 11 is 0. The molecule has 1 aliphatic heterocycles. The molecule has 11 rings (SSSR count). The molecule has 3 nitrogen and oxygen atoms in total. The van der Waals surface area contributed by atoms with Gasteiger partial charge in [0.05, 0.1) is 16.7 Å². The van der Waals surface area contributed by atoms with Crippen LogP contribution in [0.2, 0.25) is 0 Å². The van der Waals surface area contributed by atoms with Gasteiger partial charge in [-0.2, -0.15) is 0 Å². The Labute approximate surface area is 331 Å². The maximum absolute atomic E-state index is 16.0. The van der Waals surface area contributed by atoms with E-state index in [0.717, 1.165) is 56.0 Å². The Morgan fingerprint density at radius 1 is 0.474 bits per heavy atom. The number of fused-ring (bicyclic) bond motifs is 4. The Morgan fingerprint density at radius 2 is 1.05 bits per heavy atom. The van der Waals surface area contributed by atoms with Gasteiger partial charge in [-0.05, 0) is 90.8 Å². The predicted molar refractivity (Wildman–Crippen MR) is 240 cm³/mol. The van der Waals surface area contributed by atoms with E-state index in [-0.39, 0.29) is 0 Å². The van der Waals surface area contributed by atoms with E-state index in [1.807, 2.05) is 42.5 Å². The van der Waals surface area contributed by atoms with E-state index in [1.165, 1.54) is 54.9 Å². The third kappa shape index (κ3) is 5.06. The maximum Gasteiger partial charge on any atom is 0.175 e. The summed E-state index contributed by atoms with van der Waals surface area (Å²) in [4.78, 5) is 5.15. The van der Waals surface area contributed by atoms with Crippen molar-refractivity contribution in [2.24, 2.45) is 0 Å². The highest BCUT2D eigenvalue weighted by Gasteiger charge is 2.40. The first kappa shape index (κ1) is 33.5. The summed E-state index contributed by atoms with van der Waals surface area (Å²) in [5.74, 6) is 0.961. The first-order valence-corrected chi connectivity index (χ1v) is 21.3. The zero-order chi connectivity index (χ0) is 38.1. The molecule has 0 amide bonds. The number of imidazole rings is 1. The third-order valence-electron chi connectivity index (χ3n) is 11.7. The molecule has 9 aromatic carbocycles. The molecule has 0 spiro atoms. The molecule has 1 aromatic heterocycles. The molecule has 57 heavy (non-hydrogen) atoms. The second kappa shape index (κ2) is 13.2. The van der Waals surface area contributed by atoms with Gasteiger partial charge < -0.3 is 4.57 Å². The molecule has 2 heterocycles. The van der Waals surface area contributed by atoms with E-state index in [1.54, 1.807) is 0 Å². The van der Waals surface area contributed by atoms with E-state index in [4.69, 9.17) is 4.98 Å². The van der Waals surface area contributed by atoms with Crippen molar-refractivity contribution < 1.29 is 4.57 Å². The van der Waals surface area contributed by atoms with E-state index < -0.39 is 7.14 Å². The normalized spacial score (nSPS) is 14.6. The van der Waals surface area contributed by atoms with Crippen LogP contribution < -0.4 is 15.9 Å². The van der Waals surface area contributed by atoms with Crippen molar-refractivity contribution in [2.45, 2.75) is 13.3 Å². The third-order valence-corrected chi connectivity index (χ3v) is 14.8. The lowest BCUT2D eigenvalue weighted by Crippen LogP contribution is -2.33. The zero-order valence-electron chi connectivity index (χ0n) is 31.4. The van der Waals surface area contributed by atoms with Crippen LogP contribution in [-0.2, 0) is 11.0 Å². The Bertz CT molecular complexity index is 3240. The molecule has 10 aromatic rings. The van der Waals surface area contributed by atoms with Crippen molar-refractivity contribution in [3.05, 3.63) is 200 Å². The SMILES string of the molecule is CCc1nc2cccc3c2n1-c1c(-c2ccc4c(-c5cccc(-c6ccccc6)c5)c5ccccc5c(-c5ccccc5)c4c2)cccc1P3(=O)c1ccccc1. The number of benzene rings is 9. The number of rotatable bonds is 6. The number of para-hydroxylation sites is 2. The van der Waals surface area contributed by atoms with Crippen LogP contribution in [0.3, 0.4) is 0 Å². The summed E-state index contributed by atoms with van der Waals surface area (Å²) in [6, 6.07) is 68.6. The average molecular weight is 749 g/mol. The van der Waals surface area contributed by atoms with Gasteiger partial charge in [0.15, 0.2) is 7.14 Å². The van der Waals surface area contributed by atoms with E-state index in [2.05, 4.69) is 163 Å². The Kier molecular flexibility index (Phi) is 7.74. The summed E-state index contributed by atoms with van der Waals surface area (Å²) in [5, 5.41) is 7.30. The Morgan fingerprint density at radius 3 is 1.79 bits per heavy atom. The number of aromatic nitrogens is 2. The summed E-state index contributed by atoms with van der Waals surface area (Å²) in [6.07, 6.45) is 0.741. The molecule has 0 bridgehead atoms. The molecule has 0 fully saturated rings. The lowest BCUT2D eigenvalue weighted by molar-refractivity contribution is 0.592. The smallest absolute Gasteiger partial charge is 0.175 e. The second-order valence-electron chi connectivity index (χ2n) is 14.8. The number of nitrogens with zero attached hydrogens (tertiary/aromatic N) is 2. The molecule has 0 aliphatic carbocycles. The Balaban J connectivity index is 1.24. The standard InChI is InChI=1S/C53H37N2OP/c1-2-49-54-46-28-16-30-48-53(46)55(49)52-41(27-15-29-47(52)57(48,56)40-23-10-5-11-24-40)38-31-32-44-45(34-38)50(36-19-8-4-9-20-36)42-25-12-13-26-43(42)51(44)39-22-14-21-37(33-39)35-17-6-3-7-18-35/h3-34H,2H2,1H3. The highest BCUT2D eigenvalue weighted by molar-refractivity contribution is 7.86. The van der Waals surface area contributed by atoms with E-state index in [0.29, 0.717) is 0 Å². The number of hydrogen-bond donors (Lipinski definition) is 0. The van der Waals surface area contributed by atoms with Crippen LogP contribution in [0.1, 0.15) is 12.7 Å². The van der Waals surface area contributed by atoms with Gasteiger partial charge in [0.1, 0.15) is 5.82 Å². The first-order chi connectivity index (χ1) is 28.1. The minimum Gasteiger partial charge on any atom is -0.308 e. The van der Waals surface area contributed by atoms with Crippen molar-refractivity contribution >= 4 is 55.6 Å². The average Bonchev–Trinajstić information content (AvgIpc) is 3.67. The van der Waals surface area contributed by atoms with Gasteiger partial charge in [-0.3, -0.25) is 4.57 Å². The molecular weight excluding hydrogens is 712 g/mol. The van der Waals surface area contributed by atoms with Crippen molar-refractivity contribution in [1.29, 1.82) is 0 Å². The van der Waals surface area contributed by atoms with Crippen LogP contribution >= 0.6 is 7.14 Å². The van der Waals surface area contributed by atoms with Gasteiger partial charge >= 0.3 is 0 Å². The molecule has 0 saturated heterocycles.